The fourth-order valence-electron chi connectivity index (χ4n) is 5.47. The van der Waals surface area contributed by atoms with Crippen molar-refractivity contribution in [2.75, 3.05) is 0 Å². The van der Waals surface area contributed by atoms with Gasteiger partial charge in [0.15, 0.2) is 0 Å². The largest absolute Gasteiger partial charge is 0.508 e. The maximum atomic E-state index is 13.7. The molecule has 0 saturated carbocycles. The van der Waals surface area contributed by atoms with E-state index in [-0.39, 0.29) is 41.9 Å². The van der Waals surface area contributed by atoms with Crippen LogP contribution in [0.4, 0.5) is 4.39 Å². The van der Waals surface area contributed by atoms with Crippen molar-refractivity contribution in [3.8, 4) is 28.4 Å². The second kappa shape index (κ2) is 14.3. The number of benzene rings is 4. The number of carbonyl (C=O) groups is 1. The van der Waals surface area contributed by atoms with Gasteiger partial charge in [0.2, 0.25) is 0 Å². The maximum absolute atomic E-state index is 13.7. The molecule has 0 bridgehead atoms. The molecule has 7 nitrogen and oxygen atoms in total. The third kappa shape index (κ3) is 7.90. The van der Waals surface area contributed by atoms with Crippen LogP contribution in [0.3, 0.4) is 0 Å². The van der Waals surface area contributed by atoms with Gasteiger partial charge in [0.25, 0.3) is 0 Å². The van der Waals surface area contributed by atoms with Gasteiger partial charge < -0.3 is 29.7 Å². The summed E-state index contributed by atoms with van der Waals surface area (Å²) in [5.74, 6) is -0.890. The van der Waals surface area contributed by atoms with Crippen molar-refractivity contribution in [2.24, 2.45) is 0 Å². The summed E-state index contributed by atoms with van der Waals surface area (Å²) in [4.78, 5) is 12.6. The molecule has 236 valence electrons. The molecule has 0 fully saturated rings. The lowest BCUT2D eigenvalue weighted by molar-refractivity contribution is -0.136. The van der Waals surface area contributed by atoms with E-state index in [1.165, 1.54) is 24.3 Å². The van der Waals surface area contributed by atoms with Crippen LogP contribution in [0.2, 0.25) is 0 Å². The van der Waals surface area contributed by atoms with Crippen LogP contribution in [0.25, 0.3) is 40.3 Å². The minimum absolute atomic E-state index is 0.0810. The summed E-state index contributed by atoms with van der Waals surface area (Å²) in [6, 6.07) is 25.3. The van der Waals surface area contributed by atoms with Gasteiger partial charge in [-0.05, 0) is 79.1 Å². The Hall–Kier alpha value is -5.18. The van der Waals surface area contributed by atoms with Crippen LogP contribution < -0.4 is 4.74 Å². The Labute approximate surface area is 266 Å². The number of nitrogens with zero attached hydrogens (tertiary/aromatic N) is 1. The predicted octanol–water partition coefficient (Wildman–Crippen LogP) is 7.73. The second-order valence-corrected chi connectivity index (χ2v) is 11.4. The van der Waals surface area contributed by atoms with Gasteiger partial charge in [-0.1, -0.05) is 60.7 Å². The highest BCUT2D eigenvalue weighted by atomic mass is 19.1. The number of carbonyl (C=O) groups excluding carboxylic acids is 1. The third-order valence-corrected chi connectivity index (χ3v) is 7.50. The first-order valence-corrected chi connectivity index (χ1v) is 15.0. The molecule has 0 unspecified atom stereocenters. The highest BCUT2D eigenvalue weighted by Gasteiger charge is 2.20. The Bertz CT molecular complexity index is 1870. The molecule has 0 spiro atoms. The van der Waals surface area contributed by atoms with Crippen LogP contribution in [-0.4, -0.2) is 43.2 Å². The summed E-state index contributed by atoms with van der Waals surface area (Å²) in [6.45, 7) is 4.12. The number of rotatable bonds is 11. The van der Waals surface area contributed by atoms with E-state index < -0.39 is 18.2 Å². The number of fused-ring (bicyclic) bond motifs is 1. The van der Waals surface area contributed by atoms with Gasteiger partial charge in [-0.25, -0.2) is 4.39 Å². The summed E-state index contributed by atoms with van der Waals surface area (Å²) < 4.78 is 21.3. The number of aromatic nitrogens is 1. The maximum Gasteiger partial charge on any atom is 0.313 e. The van der Waals surface area contributed by atoms with Crippen molar-refractivity contribution in [3.05, 3.63) is 120 Å². The lowest BCUT2D eigenvalue weighted by Gasteiger charge is -2.15. The minimum Gasteiger partial charge on any atom is -0.508 e. The molecule has 0 amide bonds. The van der Waals surface area contributed by atoms with Gasteiger partial charge in [0.05, 0.1) is 18.6 Å². The minimum atomic E-state index is -1.19. The topological polar surface area (TPSA) is 112 Å². The van der Waals surface area contributed by atoms with Crippen molar-refractivity contribution in [3.63, 3.8) is 0 Å². The molecule has 0 radical (unpaired) electrons. The Morgan fingerprint density at radius 3 is 2.26 bits per heavy atom. The van der Waals surface area contributed by atoms with Crippen LogP contribution in [0.15, 0.2) is 97.1 Å². The molecule has 0 aliphatic rings. The Morgan fingerprint density at radius 2 is 1.54 bits per heavy atom. The number of para-hydroxylation sites is 1. The molecule has 4 aromatic carbocycles. The van der Waals surface area contributed by atoms with Crippen molar-refractivity contribution in [1.29, 1.82) is 0 Å². The monoisotopic (exact) mass is 621 g/mol. The van der Waals surface area contributed by atoms with Gasteiger partial charge in [0, 0.05) is 40.7 Å². The van der Waals surface area contributed by atoms with Gasteiger partial charge in [-0.2, -0.15) is 0 Å². The lowest BCUT2D eigenvalue weighted by atomic mass is 10.0. The molecule has 0 aliphatic carbocycles. The molecule has 0 aliphatic heterocycles. The van der Waals surface area contributed by atoms with E-state index >= 15 is 0 Å². The lowest BCUT2D eigenvalue weighted by Crippen LogP contribution is -2.22. The SMILES string of the molecule is CC(C)n1c(C=C[C@H](O)C[C@H](O)CC(=O)Oc2cc(O)cc(C=Cc3ccc(O)cc3)c2)c(-c2ccc(F)cc2)c2ccccc21. The van der Waals surface area contributed by atoms with Gasteiger partial charge in [0.1, 0.15) is 23.1 Å². The first-order valence-electron chi connectivity index (χ1n) is 15.0. The van der Waals surface area contributed by atoms with E-state index in [1.54, 1.807) is 66.8 Å². The smallest absolute Gasteiger partial charge is 0.313 e. The Balaban J connectivity index is 1.26. The molecular weight excluding hydrogens is 585 g/mol. The number of hydrogen-bond acceptors (Lipinski definition) is 6. The number of aromatic hydroxyl groups is 2. The zero-order chi connectivity index (χ0) is 32.8. The molecule has 2 atom stereocenters. The van der Waals surface area contributed by atoms with E-state index in [0.717, 1.165) is 33.3 Å². The normalized spacial score (nSPS) is 13.2. The van der Waals surface area contributed by atoms with E-state index in [9.17, 15) is 29.6 Å². The molecule has 4 N–H and O–H groups in total. The van der Waals surface area contributed by atoms with Crippen LogP contribution in [0.5, 0.6) is 17.2 Å². The number of ether oxygens (including phenoxy) is 1. The molecule has 5 aromatic rings. The number of hydrogen-bond donors (Lipinski definition) is 4. The summed E-state index contributed by atoms with van der Waals surface area (Å²) in [6.07, 6.45) is 4.14. The number of aliphatic hydroxyl groups is 2. The molecule has 1 heterocycles. The average molecular weight is 622 g/mol. The van der Waals surface area contributed by atoms with Gasteiger partial charge >= 0.3 is 5.97 Å². The van der Waals surface area contributed by atoms with Crippen LogP contribution in [0, 0.1) is 5.82 Å². The van der Waals surface area contributed by atoms with Crippen LogP contribution in [0.1, 0.15) is 49.6 Å². The van der Waals surface area contributed by atoms with E-state index in [1.807, 2.05) is 24.3 Å². The van der Waals surface area contributed by atoms with Gasteiger partial charge in [-0.15, -0.1) is 0 Å². The standard InChI is InChI=1S/C38H36FNO6/c1-24(2)40-35-6-4-3-5-34(35)38(27-11-13-28(39)14-12-27)36(40)18-17-30(42)21-32(44)23-37(45)46-33-20-26(19-31(43)22-33)8-7-25-9-15-29(41)16-10-25/h3-20,22,24,30,32,41-44H,21,23H2,1-2H3/t30-,32-/m0/s1. The molecule has 8 heteroatoms. The molecule has 0 saturated heterocycles. The quantitative estimate of drug-likeness (QED) is 0.0682. The van der Waals surface area contributed by atoms with Crippen LogP contribution in [-0.2, 0) is 4.79 Å². The fraction of sp³-hybridized carbons (Fsp3) is 0.184. The highest BCUT2D eigenvalue weighted by molar-refractivity contribution is 6.01. The summed E-state index contributed by atoms with van der Waals surface area (Å²) in [7, 11) is 0. The Kier molecular flexibility index (Phi) is 10.0. The van der Waals surface area contributed by atoms with Crippen molar-refractivity contribution >= 4 is 35.1 Å². The predicted molar refractivity (Wildman–Crippen MR) is 179 cm³/mol. The highest BCUT2D eigenvalue weighted by Crippen LogP contribution is 2.38. The average Bonchev–Trinajstić information content (AvgIpc) is 3.34. The third-order valence-electron chi connectivity index (χ3n) is 7.50. The summed E-state index contributed by atoms with van der Waals surface area (Å²) >= 11 is 0. The zero-order valence-electron chi connectivity index (χ0n) is 25.5. The second-order valence-electron chi connectivity index (χ2n) is 11.4. The number of phenolic OH excluding ortho intramolecular Hbond substituents is 2. The number of aliphatic hydroxyl groups excluding tert-OH is 2. The first-order chi connectivity index (χ1) is 22.1. The fourth-order valence-corrected chi connectivity index (χ4v) is 5.47. The summed E-state index contributed by atoms with van der Waals surface area (Å²) in [5, 5.41) is 42.0. The van der Waals surface area contributed by atoms with Crippen molar-refractivity contribution < 1.29 is 34.3 Å². The zero-order valence-corrected chi connectivity index (χ0v) is 25.5. The van der Waals surface area contributed by atoms with E-state index in [0.29, 0.717) is 5.56 Å². The van der Waals surface area contributed by atoms with E-state index in [2.05, 4.69) is 18.4 Å². The number of halogens is 1. The molecule has 5 rings (SSSR count). The van der Waals surface area contributed by atoms with Gasteiger partial charge in [-0.3, -0.25) is 4.79 Å². The van der Waals surface area contributed by atoms with E-state index in [4.69, 9.17) is 4.74 Å². The number of esters is 1. The summed E-state index contributed by atoms with van der Waals surface area (Å²) in [5.41, 5.74) is 4.97. The molecular formula is C38H36FNO6. The van der Waals surface area contributed by atoms with Crippen LogP contribution >= 0.6 is 0 Å². The van der Waals surface area contributed by atoms with Crippen molar-refractivity contribution in [1.82, 2.24) is 4.57 Å². The molecule has 1 aromatic heterocycles. The Morgan fingerprint density at radius 1 is 0.848 bits per heavy atom. The first kappa shape index (κ1) is 32.2. The number of phenols is 2. The van der Waals surface area contributed by atoms with Crippen molar-refractivity contribution in [2.45, 2.75) is 44.9 Å². The molecule has 46 heavy (non-hydrogen) atoms.